The lowest BCUT2D eigenvalue weighted by atomic mass is 10.0. The Bertz CT molecular complexity index is 1500. The fourth-order valence-corrected chi connectivity index (χ4v) is 7.91. The number of fused-ring (bicyclic) bond motifs is 2. The van der Waals surface area contributed by atoms with Crippen LogP contribution in [0.1, 0.15) is 18.1 Å². The van der Waals surface area contributed by atoms with E-state index in [1.807, 2.05) is 79.7 Å². The highest BCUT2D eigenvalue weighted by atomic mass is 31.2. The Hall–Kier alpha value is -3.75. The molecule has 5 heteroatoms. The van der Waals surface area contributed by atoms with Crippen LogP contribution in [-0.4, -0.2) is 20.8 Å². The molecule has 0 amide bonds. The number of ether oxygens (including phenoxy) is 3. The molecule has 0 aromatic heterocycles. The van der Waals surface area contributed by atoms with E-state index < -0.39 is 7.14 Å². The van der Waals surface area contributed by atoms with Gasteiger partial charge in [-0.1, -0.05) is 60.7 Å². The molecule has 4 nitrogen and oxygen atoms in total. The van der Waals surface area contributed by atoms with E-state index in [9.17, 15) is 0 Å². The van der Waals surface area contributed by atoms with Gasteiger partial charge >= 0.3 is 0 Å². The van der Waals surface area contributed by atoms with Gasteiger partial charge in [-0.2, -0.15) is 0 Å². The minimum absolute atomic E-state index is 0.359. The standard InChI is InChI=1S/C32H31O4P/c1-4-36-25-15-17-26(18-16-25)37(33,21-29-27-11-7-5-9-23(27)13-19-31(29)34-2)22-30-28-12-8-6-10-24(28)14-20-32(30)35-3/h5-20H,4,21-22H2,1-3H3. The number of hydrogen-bond donors (Lipinski definition) is 0. The van der Waals surface area contributed by atoms with Gasteiger partial charge in [-0.3, -0.25) is 0 Å². The first-order chi connectivity index (χ1) is 18.1. The largest absolute Gasteiger partial charge is 0.496 e. The smallest absolute Gasteiger partial charge is 0.124 e. The Kier molecular flexibility index (Phi) is 7.21. The summed E-state index contributed by atoms with van der Waals surface area (Å²) in [4.78, 5) is 0. The second kappa shape index (κ2) is 10.7. The van der Waals surface area contributed by atoms with Gasteiger partial charge in [0.05, 0.1) is 20.8 Å². The van der Waals surface area contributed by atoms with E-state index in [-0.39, 0.29) is 0 Å². The van der Waals surface area contributed by atoms with Gasteiger partial charge in [0.1, 0.15) is 24.4 Å². The van der Waals surface area contributed by atoms with Gasteiger partial charge in [-0.15, -0.1) is 0 Å². The van der Waals surface area contributed by atoms with Crippen molar-refractivity contribution in [2.75, 3.05) is 20.8 Å². The summed E-state index contributed by atoms with van der Waals surface area (Å²) in [5.41, 5.74) is 1.91. The first-order valence-electron chi connectivity index (χ1n) is 12.5. The average molecular weight is 511 g/mol. The maximum atomic E-state index is 15.3. The molecule has 0 N–H and O–H groups in total. The van der Waals surface area contributed by atoms with Gasteiger partial charge in [-0.05, 0) is 64.9 Å². The second-order valence-corrected chi connectivity index (χ2v) is 12.0. The van der Waals surface area contributed by atoms with Gasteiger partial charge in [0, 0.05) is 28.8 Å². The average Bonchev–Trinajstić information content (AvgIpc) is 2.94. The second-order valence-electron chi connectivity index (χ2n) is 9.07. The molecular formula is C32H31O4P. The molecule has 0 saturated heterocycles. The molecule has 0 bridgehead atoms. The van der Waals surface area contributed by atoms with Gasteiger partial charge < -0.3 is 18.8 Å². The highest BCUT2D eigenvalue weighted by molar-refractivity contribution is 7.70. The maximum absolute atomic E-state index is 15.3. The van der Waals surface area contributed by atoms with Crippen LogP contribution in [0.2, 0.25) is 0 Å². The first-order valence-corrected chi connectivity index (χ1v) is 14.5. The summed E-state index contributed by atoms with van der Waals surface area (Å²) < 4.78 is 32.5. The molecule has 0 fully saturated rings. The van der Waals surface area contributed by atoms with Crippen molar-refractivity contribution < 1.29 is 18.8 Å². The fraction of sp³-hybridized carbons (Fsp3) is 0.188. The van der Waals surface area contributed by atoms with Crippen molar-refractivity contribution >= 4 is 34.0 Å². The molecule has 188 valence electrons. The summed E-state index contributed by atoms with van der Waals surface area (Å²) in [5.74, 6) is 2.26. The van der Waals surface area contributed by atoms with Gasteiger partial charge in [0.25, 0.3) is 0 Å². The molecular weight excluding hydrogens is 479 g/mol. The zero-order valence-corrected chi connectivity index (χ0v) is 22.3. The molecule has 37 heavy (non-hydrogen) atoms. The fourth-order valence-electron chi connectivity index (χ4n) is 5.07. The molecule has 0 aliphatic heterocycles. The first kappa shape index (κ1) is 24.9. The highest BCUT2D eigenvalue weighted by Gasteiger charge is 2.30. The normalized spacial score (nSPS) is 11.5. The van der Waals surface area contributed by atoms with Crippen LogP contribution >= 0.6 is 7.14 Å². The summed E-state index contributed by atoms with van der Waals surface area (Å²) in [6.07, 6.45) is 0.718. The van der Waals surface area contributed by atoms with Crippen LogP contribution in [0.4, 0.5) is 0 Å². The zero-order chi connectivity index (χ0) is 25.8. The Labute approximate surface area is 218 Å². The number of methoxy groups -OCH3 is 2. The van der Waals surface area contributed by atoms with Crippen molar-refractivity contribution in [2.24, 2.45) is 0 Å². The SMILES string of the molecule is CCOc1ccc(P(=O)(Cc2c(OC)ccc3ccccc23)Cc2c(OC)ccc3ccccc23)cc1. The molecule has 5 rings (SSSR count). The summed E-state index contributed by atoms with van der Waals surface area (Å²) in [7, 11) is 0.281. The van der Waals surface area contributed by atoms with Crippen LogP contribution in [-0.2, 0) is 16.9 Å². The van der Waals surface area contributed by atoms with Gasteiger partial charge in [-0.25, -0.2) is 0 Å². The maximum Gasteiger partial charge on any atom is 0.124 e. The molecule has 5 aromatic carbocycles. The monoisotopic (exact) mass is 510 g/mol. The van der Waals surface area contributed by atoms with Gasteiger partial charge in [0.15, 0.2) is 0 Å². The zero-order valence-electron chi connectivity index (χ0n) is 21.4. The predicted molar refractivity (Wildman–Crippen MR) is 153 cm³/mol. The summed E-state index contributed by atoms with van der Waals surface area (Å²) in [6.45, 7) is 2.54. The van der Waals surface area contributed by atoms with E-state index in [0.29, 0.717) is 18.9 Å². The number of rotatable bonds is 9. The molecule has 0 saturated carbocycles. The van der Waals surface area contributed by atoms with Crippen molar-refractivity contribution in [3.63, 3.8) is 0 Å². The van der Waals surface area contributed by atoms with E-state index in [0.717, 1.165) is 55.2 Å². The van der Waals surface area contributed by atoms with E-state index in [2.05, 4.69) is 24.3 Å². The summed E-state index contributed by atoms with van der Waals surface area (Å²) in [6, 6.07) is 32.1. The quantitative estimate of drug-likeness (QED) is 0.190. The van der Waals surface area contributed by atoms with Crippen LogP contribution in [0, 0.1) is 0 Å². The van der Waals surface area contributed by atoms with Crippen molar-refractivity contribution in [1.29, 1.82) is 0 Å². The highest BCUT2D eigenvalue weighted by Crippen LogP contribution is 2.55. The van der Waals surface area contributed by atoms with Crippen molar-refractivity contribution in [3.8, 4) is 17.2 Å². The number of hydrogen-bond acceptors (Lipinski definition) is 4. The molecule has 0 spiro atoms. The van der Waals surface area contributed by atoms with Crippen LogP contribution in [0.25, 0.3) is 21.5 Å². The number of benzene rings is 5. The lowest BCUT2D eigenvalue weighted by molar-refractivity contribution is 0.340. The van der Waals surface area contributed by atoms with Crippen molar-refractivity contribution in [1.82, 2.24) is 0 Å². The summed E-state index contributed by atoms with van der Waals surface area (Å²) >= 11 is 0. The minimum Gasteiger partial charge on any atom is -0.496 e. The molecule has 0 aliphatic carbocycles. The van der Waals surface area contributed by atoms with Gasteiger partial charge in [0.2, 0.25) is 0 Å². The third-order valence-electron chi connectivity index (χ3n) is 6.88. The molecule has 5 aromatic rings. The van der Waals surface area contributed by atoms with Crippen molar-refractivity contribution in [3.05, 3.63) is 108 Å². The third kappa shape index (κ3) is 4.95. The lowest BCUT2D eigenvalue weighted by Gasteiger charge is -2.24. The lowest BCUT2D eigenvalue weighted by Crippen LogP contribution is -2.11. The Morgan fingerprint density at radius 2 is 1.11 bits per heavy atom. The minimum atomic E-state index is -3.06. The molecule has 0 atom stereocenters. The predicted octanol–water partition coefficient (Wildman–Crippen LogP) is 7.80. The Balaban J connectivity index is 1.70. The molecule has 0 heterocycles. The molecule has 0 radical (unpaired) electrons. The van der Waals surface area contributed by atoms with Crippen LogP contribution in [0.3, 0.4) is 0 Å². The Morgan fingerprint density at radius 1 is 0.622 bits per heavy atom. The summed E-state index contributed by atoms with van der Waals surface area (Å²) in [5, 5.41) is 5.11. The van der Waals surface area contributed by atoms with E-state index in [1.54, 1.807) is 14.2 Å². The topological polar surface area (TPSA) is 44.8 Å². The molecule has 0 unspecified atom stereocenters. The third-order valence-corrected chi connectivity index (χ3v) is 9.77. The van der Waals surface area contributed by atoms with Crippen LogP contribution in [0.15, 0.2) is 97.1 Å². The van der Waals surface area contributed by atoms with E-state index >= 15 is 4.57 Å². The van der Waals surface area contributed by atoms with E-state index in [4.69, 9.17) is 14.2 Å². The Morgan fingerprint density at radius 3 is 1.57 bits per heavy atom. The van der Waals surface area contributed by atoms with E-state index in [1.165, 1.54) is 0 Å². The van der Waals surface area contributed by atoms with Crippen molar-refractivity contribution in [2.45, 2.75) is 19.2 Å². The van der Waals surface area contributed by atoms with Crippen LogP contribution in [0.5, 0.6) is 17.2 Å². The molecule has 0 aliphatic rings. The van der Waals surface area contributed by atoms with Crippen LogP contribution < -0.4 is 19.5 Å².